The summed E-state index contributed by atoms with van der Waals surface area (Å²) < 4.78 is 13.1. The standard InChI is InChI=1S/C17H21FN2O4/c1-11(2)17(16(23)24)6-7-20(10-17)14(21)9-19-15(22)12-4-3-5-13(18)8-12/h3-5,8,11H,6-7,9-10H2,1-2H3,(H,19,22)(H,23,24). The minimum absolute atomic E-state index is 0.102. The first-order chi connectivity index (χ1) is 11.3. The lowest BCUT2D eigenvalue weighted by molar-refractivity contribution is -0.151. The Labute approximate surface area is 139 Å². The van der Waals surface area contributed by atoms with E-state index >= 15 is 0 Å². The molecule has 130 valence electrons. The van der Waals surface area contributed by atoms with Crippen LogP contribution in [-0.2, 0) is 9.59 Å². The second-order valence-electron chi connectivity index (χ2n) is 6.37. The number of nitrogens with zero attached hydrogens (tertiary/aromatic N) is 1. The van der Waals surface area contributed by atoms with Crippen LogP contribution in [0.15, 0.2) is 24.3 Å². The van der Waals surface area contributed by atoms with Gasteiger partial charge in [-0.2, -0.15) is 0 Å². The first kappa shape index (κ1) is 17.9. The molecular weight excluding hydrogens is 315 g/mol. The molecule has 1 unspecified atom stereocenters. The number of halogens is 1. The maximum Gasteiger partial charge on any atom is 0.311 e. The molecule has 1 aliphatic heterocycles. The summed E-state index contributed by atoms with van der Waals surface area (Å²) in [5.74, 6) is -2.43. The number of hydrogen-bond acceptors (Lipinski definition) is 3. The summed E-state index contributed by atoms with van der Waals surface area (Å²) in [6, 6.07) is 5.18. The zero-order valence-corrected chi connectivity index (χ0v) is 13.7. The summed E-state index contributed by atoms with van der Waals surface area (Å²) in [4.78, 5) is 37.2. The number of carbonyl (C=O) groups is 3. The molecule has 24 heavy (non-hydrogen) atoms. The number of amides is 2. The molecule has 0 saturated carbocycles. The van der Waals surface area contributed by atoms with Gasteiger partial charge in [-0.15, -0.1) is 0 Å². The van der Waals surface area contributed by atoms with Gasteiger partial charge in [0, 0.05) is 18.7 Å². The molecule has 2 rings (SSSR count). The van der Waals surface area contributed by atoms with Crippen LogP contribution < -0.4 is 5.32 Å². The van der Waals surface area contributed by atoms with Gasteiger partial charge in [-0.3, -0.25) is 14.4 Å². The van der Waals surface area contributed by atoms with E-state index in [0.717, 1.165) is 6.07 Å². The number of benzene rings is 1. The van der Waals surface area contributed by atoms with E-state index in [9.17, 15) is 23.9 Å². The van der Waals surface area contributed by atoms with Crippen LogP contribution in [0.1, 0.15) is 30.6 Å². The fraction of sp³-hybridized carbons (Fsp3) is 0.471. The first-order valence-corrected chi connectivity index (χ1v) is 7.81. The molecule has 1 heterocycles. The van der Waals surface area contributed by atoms with Crippen molar-refractivity contribution in [3.8, 4) is 0 Å². The molecule has 1 aromatic rings. The van der Waals surface area contributed by atoms with Crippen molar-refractivity contribution in [2.24, 2.45) is 11.3 Å². The van der Waals surface area contributed by atoms with Gasteiger partial charge in [0.2, 0.25) is 5.91 Å². The third-order valence-electron chi connectivity index (χ3n) is 4.67. The van der Waals surface area contributed by atoms with Crippen LogP contribution in [0.4, 0.5) is 4.39 Å². The average Bonchev–Trinajstić information content (AvgIpc) is 2.99. The first-order valence-electron chi connectivity index (χ1n) is 7.81. The fourth-order valence-electron chi connectivity index (χ4n) is 2.94. The van der Waals surface area contributed by atoms with Crippen LogP contribution in [0.2, 0.25) is 0 Å². The van der Waals surface area contributed by atoms with Gasteiger partial charge in [0.15, 0.2) is 0 Å². The van der Waals surface area contributed by atoms with Crippen LogP contribution in [-0.4, -0.2) is 47.4 Å². The van der Waals surface area contributed by atoms with Gasteiger partial charge >= 0.3 is 5.97 Å². The Morgan fingerprint density at radius 3 is 2.62 bits per heavy atom. The van der Waals surface area contributed by atoms with E-state index in [2.05, 4.69) is 5.32 Å². The maximum absolute atomic E-state index is 13.1. The van der Waals surface area contributed by atoms with Crippen LogP contribution in [0.25, 0.3) is 0 Å². The molecule has 7 heteroatoms. The SMILES string of the molecule is CC(C)C1(C(=O)O)CCN(C(=O)CNC(=O)c2cccc(F)c2)C1. The van der Waals surface area contributed by atoms with E-state index in [1.165, 1.54) is 23.1 Å². The normalized spacial score (nSPS) is 20.2. The van der Waals surface area contributed by atoms with E-state index in [1.807, 2.05) is 13.8 Å². The Kier molecular flexibility index (Phi) is 5.21. The van der Waals surface area contributed by atoms with Crippen LogP contribution >= 0.6 is 0 Å². The quantitative estimate of drug-likeness (QED) is 0.853. The number of hydrogen-bond donors (Lipinski definition) is 2. The molecule has 0 bridgehead atoms. The zero-order valence-electron chi connectivity index (χ0n) is 13.7. The van der Waals surface area contributed by atoms with Gasteiger partial charge in [-0.25, -0.2) is 4.39 Å². The third kappa shape index (κ3) is 3.55. The molecule has 6 nitrogen and oxygen atoms in total. The summed E-state index contributed by atoms with van der Waals surface area (Å²) in [7, 11) is 0. The molecule has 1 aromatic carbocycles. The van der Waals surface area contributed by atoms with Gasteiger partial charge in [0.05, 0.1) is 12.0 Å². The topological polar surface area (TPSA) is 86.7 Å². The maximum atomic E-state index is 13.1. The lowest BCUT2D eigenvalue weighted by Gasteiger charge is -2.28. The smallest absolute Gasteiger partial charge is 0.311 e. The van der Waals surface area contributed by atoms with Gasteiger partial charge in [-0.05, 0) is 30.5 Å². The number of carboxylic acids is 1. The van der Waals surface area contributed by atoms with Crippen molar-refractivity contribution in [3.05, 3.63) is 35.6 Å². The molecule has 2 amide bonds. The predicted molar refractivity (Wildman–Crippen MR) is 84.8 cm³/mol. The van der Waals surface area contributed by atoms with E-state index in [4.69, 9.17) is 0 Å². The third-order valence-corrected chi connectivity index (χ3v) is 4.67. The molecule has 1 atom stereocenters. The van der Waals surface area contributed by atoms with Crippen LogP contribution in [0.5, 0.6) is 0 Å². The molecule has 0 aliphatic carbocycles. The number of nitrogens with one attached hydrogen (secondary N) is 1. The molecule has 1 saturated heterocycles. The van der Waals surface area contributed by atoms with Crippen molar-refractivity contribution in [1.82, 2.24) is 10.2 Å². The fourth-order valence-corrected chi connectivity index (χ4v) is 2.94. The highest BCUT2D eigenvalue weighted by Gasteiger charge is 2.48. The van der Waals surface area contributed by atoms with E-state index in [-0.39, 0.29) is 30.5 Å². The predicted octanol–water partition coefficient (Wildman–Crippen LogP) is 1.51. The largest absolute Gasteiger partial charge is 0.481 e. The second-order valence-corrected chi connectivity index (χ2v) is 6.37. The monoisotopic (exact) mass is 336 g/mol. The summed E-state index contributed by atoms with van der Waals surface area (Å²) in [6.07, 6.45) is 0.392. The Bertz CT molecular complexity index is 662. The van der Waals surface area contributed by atoms with E-state index < -0.39 is 23.1 Å². The highest BCUT2D eigenvalue weighted by molar-refractivity contribution is 5.96. The minimum Gasteiger partial charge on any atom is -0.481 e. The molecular formula is C17H21FN2O4. The lowest BCUT2D eigenvalue weighted by atomic mass is 9.76. The molecule has 0 radical (unpaired) electrons. The molecule has 2 N–H and O–H groups in total. The zero-order chi connectivity index (χ0) is 17.9. The van der Waals surface area contributed by atoms with Gasteiger partial charge in [0.25, 0.3) is 5.91 Å². The summed E-state index contributed by atoms with van der Waals surface area (Å²) in [5.41, 5.74) is -0.811. The van der Waals surface area contributed by atoms with E-state index in [0.29, 0.717) is 13.0 Å². The van der Waals surface area contributed by atoms with Crippen LogP contribution in [0.3, 0.4) is 0 Å². The Balaban J connectivity index is 1.94. The second kappa shape index (κ2) is 6.98. The van der Waals surface area contributed by atoms with E-state index in [1.54, 1.807) is 0 Å². The number of aliphatic carboxylic acids is 1. The number of carbonyl (C=O) groups excluding carboxylic acids is 2. The van der Waals surface area contributed by atoms with Crippen molar-refractivity contribution in [2.45, 2.75) is 20.3 Å². The van der Waals surface area contributed by atoms with Gasteiger partial charge < -0.3 is 15.3 Å². The molecule has 1 fully saturated rings. The molecule has 0 aromatic heterocycles. The minimum atomic E-state index is -0.942. The number of rotatable bonds is 5. The highest BCUT2D eigenvalue weighted by atomic mass is 19.1. The molecule has 0 spiro atoms. The summed E-state index contributed by atoms with van der Waals surface area (Å²) in [5, 5.41) is 11.9. The van der Waals surface area contributed by atoms with Crippen molar-refractivity contribution in [1.29, 1.82) is 0 Å². The summed E-state index contributed by atoms with van der Waals surface area (Å²) in [6.45, 7) is 3.89. The highest BCUT2D eigenvalue weighted by Crippen LogP contribution is 2.38. The number of likely N-dealkylation sites (tertiary alicyclic amines) is 1. The van der Waals surface area contributed by atoms with Gasteiger partial charge in [0.1, 0.15) is 5.82 Å². The average molecular weight is 336 g/mol. The van der Waals surface area contributed by atoms with Gasteiger partial charge in [-0.1, -0.05) is 19.9 Å². The Hall–Kier alpha value is -2.44. The summed E-state index contributed by atoms with van der Waals surface area (Å²) >= 11 is 0. The molecule has 1 aliphatic rings. The van der Waals surface area contributed by atoms with Crippen molar-refractivity contribution in [2.75, 3.05) is 19.6 Å². The Morgan fingerprint density at radius 1 is 1.38 bits per heavy atom. The van der Waals surface area contributed by atoms with Crippen molar-refractivity contribution in [3.63, 3.8) is 0 Å². The number of carboxylic acid groups (broad SMARTS) is 1. The van der Waals surface area contributed by atoms with Crippen molar-refractivity contribution < 1.29 is 23.9 Å². The van der Waals surface area contributed by atoms with Crippen LogP contribution in [0, 0.1) is 17.2 Å². The van der Waals surface area contributed by atoms with Crippen molar-refractivity contribution >= 4 is 17.8 Å². The lowest BCUT2D eigenvalue weighted by Crippen LogP contribution is -2.43. The Morgan fingerprint density at radius 2 is 2.08 bits per heavy atom.